The van der Waals surface area contributed by atoms with Gasteiger partial charge in [-0.25, -0.2) is 4.68 Å². The minimum atomic E-state index is -0.0820. The third-order valence-electron chi connectivity index (χ3n) is 5.19. The minimum absolute atomic E-state index is 0.0820. The van der Waals surface area contributed by atoms with Crippen LogP contribution in [0.3, 0.4) is 0 Å². The van der Waals surface area contributed by atoms with Gasteiger partial charge in [0.2, 0.25) is 5.82 Å². The van der Waals surface area contributed by atoms with E-state index in [-0.39, 0.29) is 5.54 Å². The molecule has 1 atom stereocenters. The van der Waals surface area contributed by atoms with Crippen molar-refractivity contribution in [2.75, 3.05) is 26.2 Å². The van der Waals surface area contributed by atoms with Crippen LogP contribution in [-0.4, -0.2) is 46.4 Å². The average molecular weight is 345 g/mol. The van der Waals surface area contributed by atoms with Crippen LogP contribution < -0.4 is 9.80 Å². The van der Waals surface area contributed by atoms with Crippen molar-refractivity contribution in [2.24, 2.45) is 0 Å². The Balaban J connectivity index is 1.74. The zero-order valence-corrected chi connectivity index (χ0v) is 16.0. The van der Waals surface area contributed by atoms with Crippen LogP contribution in [-0.2, 0) is 5.54 Å². The van der Waals surface area contributed by atoms with Gasteiger partial charge in [0.15, 0.2) is 0 Å². The highest BCUT2D eigenvalue weighted by Crippen LogP contribution is 2.19. The van der Waals surface area contributed by atoms with Crippen LogP contribution in [0.2, 0.25) is 0 Å². The lowest BCUT2D eigenvalue weighted by Crippen LogP contribution is -3.26. The summed E-state index contributed by atoms with van der Waals surface area (Å²) in [4.78, 5) is 3.22. The molecular weight excluding hydrogens is 312 g/mol. The van der Waals surface area contributed by atoms with Gasteiger partial charge in [0.1, 0.15) is 37.9 Å². The van der Waals surface area contributed by atoms with Crippen LogP contribution in [0, 0.1) is 0 Å². The van der Waals surface area contributed by atoms with Crippen LogP contribution in [0.15, 0.2) is 30.3 Å². The van der Waals surface area contributed by atoms with Crippen molar-refractivity contribution in [1.29, 1.82) is 0 Å². The highest BCUT2D eigenvalue weighted by molar-refractivity contribution is 5.27. The van der Waals surface area contributed by atoms with Crippen LogP contribution in [0.4, 0.5) is 5.69 Å². The van der Waals surface area contributed by atoms with Crippen molar-refractivity contribution in [3.63, 3.8) is 0 Å². The molecule has 1 aromatic heterocycles. The van der Waals surface area contributed by atoms with E-state index in [1.54, 1.807) is 9.80 Å². The Morgan fingerprint density at radius 2 is 1.76 bits per heavy atom. The molecule has 2 aromatic rings. The smallest absolute Gasteiger partial charge is 0.209 e. The summed E-state index contributed by atoms with van der Waals surface area (Å²) < 4.78 is 2.02. The molecule has 2 N–H and O–H groups in total. The number of benzene rings is 1. The fourth-order valence-electron chi connectivity index (χ4n) is 3.88. The van der Waals surface area contributed by atoms with E-state index in [1.807, 2.05) is 4.68 Å². The van der Waals surface area contributed by atoms with Crippen molar-refractivity contribution in [2.45, 2.75) is 52.1 Å². The van der Waals surface area contributed by atoms with Crippen molar-refractivity contribution in [3.8, 4) is 0 Å². The number of piperazine rings is 1. The van der Waals surface area contributed by atoms with E-state index in [2.05, 4.69) is 73.6 Å². The summed E-state index contributed by atoms with van der Waals surface area (Å²) in [6, 6.07) is 11.2. The van der Waals surface area contributed by atoms with E-state index >= 15 is 0 Å². The van der Waals surface area contributed by atoms with E-state index in [0.29, 0.717) is 6.04 Å². The van der Waals surface area contributed by atoms with Crippen LogP contribution in [0.1, 0.15) is 52.4 Å². The summed E-state index contributed by atoms with van der Waals surface area (Å²) in [5.41, 5.74) is 1.33. The first-order valence-corrected chi connectivity index (χ1v) is 9.54. The Bertz CT molecular complexity index is 652. The Morgan fingerprint density at radius 3 is 2.36 bits per heavy atom. The molecule has 0 saturated carbocycles. The molecule has 0 aliphatic carbocycles. The van der Waals surface area contributed by atoms with Gasteiger partial charge in [-0.3, -0.25) is 4.90 Å². The summed E-state index contributed by atoms with van der Waals surface area (Å²) >= 11 is 0. The Hall–Kier alpha value is -1.79. The molecule has 6 nitrogen and oxygen atoms in total. The standard InChI is InChI=1S/C19H30N6/c1-5-9-17(18-20-21-22-25(18)19(2,3)4)24-14-12-23(13-15-24)16-10-7-6-8-11-16/h6-8,10-11,17H,5,9,12-15H2,1-4H3/p+2/t17-/m0/s1. The Labute approximate surface area is 150 Å². The molecule has 0 amide bonds. The van der Waals surface area contributed by atoms with Gasteiger partial charge < -0.3 is 4.90 Å². The second-order valence-electron chi connectivity index (χ2n) is 8.09. The van der Waals surface area contributed by atoms with Crippen molar-refractivity contribution < 1.29 is 9.80 Å². The zero-order valence-electron chi connectivity index (χ0n) is 16.0. The van der Waals surface area contributed by atoms with Crippen LogP contribution >= 0.6 is 0 Å². The van der Waals surface area contributed by atoms with E-state index in [9.17, 15) is 0 Å². The highest BCUT2D eigenvalue weighted by atomic mass is 15.6. The van der Waals surface area contributed by atoms with Gasteiger partial charge in [-0.05, 0) is 43.3 Å². The molecule has 1 saturated heterocycles. The predicted octanol–water partition coefficient (Wildman–Crippen LogP) is 0.384. The lowest BCUT2D eigenvalue weighted by atomic mass is 10.0. The summed E-state index contributed by atoms with van der Waals surface area (Å²) in [5.74, 6) is 1.05. The monoisotopic (exact) mass is 344 g/mol. The molecule has 1 aliphatic heterocycles. The molecule has 0 bridgehead atoms. The second-order valence-corrected chi connectivity index (χ2v) is 8.09. The molecular formula is C19H32N6+2. The molecule has 1 aromatic carbocycles. The topological polar surface area (TPSA) is 52.5 Å². The number of aromatic nitrogens is 4. The minimum Gasteiger partial charge on any atom is -0.317 e. The van der Waals surface area contributed by atoms with Gasteiger partial charge in [-0.2, -0.15) is 0 Å². The number of tetrazole rings is 1. The van der Waals surface area contributed by atoms with E-state index in [4.69, 9.17) is 0 Å². The van der Waals surface area contributed by atoms with Crippen molar-refractivity contribution in [3.05, 3.63) is 36.2 Å². The van der Waals surface area contributed by atoms with E-state index in [1.165, 1.54) is 5.69 Å². The molecule has 0 spiro atoms. The number of rotatable bonds is 5. The number of hydrogen-bond donors (Lipinski definition) is 2. The summed E-state index contributed by atoms with van der Waals surface area (Å²) in [5, 5.41) is 12.7. The lowest BCUT2D eigenvalue weighted by molar-refractivity contribution is -1.01. The fourth-order valence-corrected chi connectivity index (χ4v) is 3.88. The number of quaternary nitrogens is 2. The molecule has 3 rings (SSSR count). The molecule has 1 aliphatic rings. The maximum absolute atomic E-state index is 4.43. The first-order chi connectivity index (χ1) is 12.0. The van der Waals surface area contributed by atoms with Gasteiger partial charge in [0, 0.05) is 6.42 Å². The number of hydrogen-bond acceptors (Lipinski definition) is 3. The molecule has 0 radical (unpaired) electrons. The fraction of sp³-hybridized carbons (Fsp3) is 0.632. The molecule has 2 heterocycles. The first-order valence-electron chi connectivity index (χ1n) is 9.54. The average Bonchev–Trinajstić information content (AvgIpc) is 3.10. The maximum Gasteiger partial charge on any atom is 0.209 e. The zero-order chi connectivity index (χ0) is 17.9. The quantitative estimate of drug-likeness (QED) is 0.825. The van der Waals surface area contributed by atoms with Gasteiger partial charge in [0.25, 0.3) is 0 Å². The van der Waals surface area contributed by atoms with Gasteiger partial charge in [0.05, 0.1) is 5.54 Å². The van der Waals surface area contributed by atoms with Crippen molar-refractivity contribution >= 4 is 5.69 Å². The molecule has 6 heteroatoms. The number of para-hydroxylation sites is 1. The highest BCUT2D eigenvalue weighted by Gasteiger charge is 2.35. The van der Waals surface area contributed by atoms with Crippen LogP contribution in [0.25, 0.3) is 0 Å². The van der Waals surface area contributed by atoms with Gasteiger partial charge in [-0.15, -0.1) is 5.10 Å². The van der Waals surface area contributed by atoms with Gasteiger partial charge in [-0.1, -0.05) is 31.5 Å². The number of nitrogens with zero attached hydrogens (tertiary/aromatic N) is 4. The second kappa shape index (κ2) is 7.62. The Morgan fingerprint density at radius 1 is 1.08 bits per heavy atom. The van der Waals surface area contributed by atoms with E-state index < -0.39 is 0 Å². The molecule has 136 valence electrons. The molecule has 0 unspecified atom stereocenters. The predicted molar refractivity (Wildman–Crippen MR) is 98.0 cm³/mol. The lowest BCUT2D eigenvalue weighted by Gasteiger charge is -2.34. The summed E-state index contributed by atoms with van der Waals surface area (Å²) in [6.07, 6.45) is 2.28. The molecule has 1 fully saturated rings. The maximum atomic E-state index is 4.43. The van der Waals surface area contributed by atoms with E-state index in [0.717, 1.165) is 44.8 Å². The van der Waals surface area contributed by atoms with Crippen LogP contribution in [0.5, 0.6) is 0 Å². The first kappa shape index (κ1) is 18.0. The third kappa shape index (κ3) is 4.07. The Kier molecular flexibility index (Phi) is 5.49. The summed E-state index contributed by atoms with van der Waals surface area (Å²) in [7, 11) is 0. The normalized spacial score (nSPS) is 22.7. The number of nitrogens with one attached hydrogen (secondary N) is 2. The molecule has 25 heavy (non-hydrogen) atoms. The largest absolute Gasteiger partial charge is 0.317 e. The van der Waals surface area contributed by atoms with Crippen molar-refractivity contribution in [1.82, 2.24) is 20.2 Å². The SMILES string of the molecule is CCC[C@@H](c1nnnn1C(C)(C)C)[NH+]1CC[NH+](c2ccccc2)CC1. The van der Waals surface area contributed by atoms with Gasteiger partial charge >= 0.3 is 0 Å². The third-order valence-corrected chi connectivity index (χ3v) is 5.19. The summed E-state index contributed by atoms with van der Waals surface area (Å²) in [6.45, 7) is 13.4.